The lowest BCUT2D eigenvalue weighted by Gasteiger charge is -2.42. The lowest BCUT2D eigenvalue weighted by molar-refractivity contribution is 1.03. The van der Waals surface area contributed by atoms with Crippen LogP contribution < -0.4 is 42.6 Å². The van der Waals surface area contributed by atoms with Crippen LogP contribution in [-0.2, 0) is 0 Å². The van der Waals surface area contributed by atoms with E-state index in [1.54, 1.807) is 0 Å². The highest BCUT2D eigenvalue weighted by Crippen LogP contribution is 2.55. The van der Waals surface area contributed by atoms with E-state index in [0.29, 0.717) is 0 Å². The van der Waals surface area contributed by atoms with Crippen LogP contribution in [0.3, 0.4) is 0 Å². The van der Waals surface area contributed by atoms with Gasteiger partial charge in [0.1, 0.15) is 0 Å². The molecule has 0 spiro atoms. The van der Waals surface area contributed by atoms with Crippen LogP contribution in [0.5, 0.6) is 0 Å². The summed E-state index contributed by atoms with van der Waals surface area (Å²) >= 11 is 0. The number of hydrogen-bond acceptors (Lipinski definition) is 2. The summed E-state index contributed by atoms with van der Waals surface area (Å²) in [5, 5.41) is 2.73. The van der Waals surface area contributed by atoms with Gasteiger partial charge in [0.15, 0.2) is 0 Å². The minimum absolute atomic E-state index is 0.0720. The molecule has 0 radical (unpaired) electrons. The summed E-state index contributed by atoms with van der Waals surface area (Å²) in [4.78, 5) is 5.01. The van der Waals surface area contributed by atoms with Crippen LogP contribution in [0.4, 0.5) is 34.1 Å². The Balaban J connectivity index is 1.09. The molecular formula is C55H33B2N3. The van der Waals surface area contributed by atoms with Crippen LogP contribution in [-0.4, -0.2) is 18.0 Å². The first kappa shape index (κ1) is 31.5. The Morgan fingerprint density at radius 3 is 1.68 bits per heavy atom. The van der Waals surface area contributed by atoms with Crippen molar-refractivity contribution in [3.05, 3.63) is 211 Å². The minimum Gasteiger partial charge on any atom is -0.312 e. The summed E-state index contributed by atoms with van der Waals surface area (Å²) in [5.74, 6) is 0.105. The number of fused-ring (bicyclic) bond motifs is 16. The Morgan fingerprint density at radius 1 is 0.383 bits per heavy atom. The van der Waals surface area contributed by atoms with Crippen molar-refractivity contribution in [3.63, 3.8) is 0 Å². The summed E-state index contributed by atoms with van der Waals surface area (Å²) in [6.07, 6.45) is 0. The first-order valence-corrected chi connectivity index (χ1v) is 21.2. The molecule has 4 aliphatic heterocycles. The van der Waals surface area contributed by atoms with Crippen LogP contribution in [0.1, 0.15) is 22.6 Å². The van der Waals surface area contributed by atoms with Gasteiger partial charge in [0.25, 0.3) is 6.71 Å². The Hall–Kier alpha value is -7.49. The molecule has 1 aliphatic carbocycles. The first-order valence-electron chi connectivity index (χ1n) is 21.2. The SMILES string of the molecule is c1ccc(N2c3ccccc3B3c4c2cccc4-n2c4ccccc4c4c5c(cc3c42)-c2ccc3c4c2C5c2ccccc2B4c2ccccc2N3c2ccccc2)cc1. The predicted molar refractivity (Wildman–Crippen MR) is 252 cm³/mol. The molecule has 60 heavy (non-hydrogen) atoms. The van der Waals surface area contributed by atoms with E-state index in [-0.39, 0.29) is 19.3 Å². The minimum atomic E-state index is 0.0720. The van der Waals surface area contributed by atoms with Crippen molar-refractivity contribution < 1.29 is 0 Å². The molecule has 5 heterocycles. The molecule has 0 bridgehead atoms. The Morgan fingerprint density at radius 2 is 0.950 bits per heavy atom. The first-order chi connectivity index (χ1) is 29.8. The number of benzene rings is 9. The number of aromatic nitrogens is 1. The van der Waals surface area contributed by atoms with Gasteiger partial charge < -0.3 is 14.4 Å². The zero-order chi connectivity index (χ0) is 38.8. The summed E-state index contributed by atoms with van der Waals surface area (Å²) in [6, 6.07) is 73.2. The van der Waals surface area contributed by atoms with Gasteiger partial charge in [-0.25, -0.2) is 0 Å². The Labute approximate surface area is 348 Å². The highest BCUT2D eigenvalue weighted by Gasteiger charge is 2.50. The zero-order valence-corrected chi connectivity index (χ0v) is 32.5. The van der Waals surface area contributed by atoms with Crippen molar-refractivity contribution >= 4 is 102 Å². The standard InChI is InChI=1S/C55H33B2N3/c1-3-16-33(17-4-1)58-45-27-14-11-24-41(45)57-42-32-38-35-30-31-48-54-51(35)49(50(38)52-37-21-8-12-25-43(37)60(55(42)52)47-29-15-28-46(58)53(47)57)36-20-7-9-22-39(36)56(54)40-23-10-13-26-44(40)59(48)34-18-5-2-6-19-34/h1-32,49H. The van der Waals surface area contributed by atoms with Crippen LogP contribution in [0.2, 0.25) is 0 Å². The van der Waals surface area contributed by atoms with E-state index in [1.165, 1.54) is 122 Å². The second-order valence-corrected chi connectivity index (χ2v) is 17.1. The van der Waals surface area contributed by atoms with E-state index in [0.717, 1.165) is 0 Å². The maximum absolute atomic E-state index is 2.63. The molecule has 5 aliphatic rings. The van der Waals surface area contributed by atoms with Gasteiger partial charge in [-0.2, -0.15) is 0 Å². The van der Waals surface area contributed by atoms with Crippen molar-refractivity contribution in [2.75, 3.05) is 9.80 Å². The average Bonchev–Trinajstić information content (AvgIpc) is 3.84. The van der Waals surface area contributed by atoms with Crippen molar-refractivity contribution in [2.24, 2.45) is 0 Å². The van der Waals surface area contributed by atoms with Crippen molar-refractivity contribution in [2.45, 2.75) is 5.92 Å². The maximum atomic E-state index is 2.63. The van der Waals surface area contributed by atoms with Crippen LogP contribution in [0.15, 0.2) is 194 Å². The Bertz CT molecular complexity index is 3540. The quantitative estimate of drug-likeness (QED) is 0.163. The number of para-hydroxylation sites is 5. The number of rotatable bonds is 2. The van der Waals surface area contributed by atoms with Crippen molar-refractivity contribution in [1.82, 2.24) is 4.57 Å². The zero-order valence-electron chi connectivity index (χ0n) is 32.5. The normalized spacial score (nSPS) is 15.4. The number of hydrogen-bond donors (Lipinski definition) is 0. The van der Waals surface area contributed by atoms with Crippen molar-refractivity contribution in [1.29, 1.82) is 0 Å². The van der Waals surface area contributed by atoms with Gasteiger partial charge in [-0.3, -0.25) is 0 Å². The monoisotopic (exact) mass is 757 g/mol. The number of nitrogens with zero attached hydrogens (tertiary/aromatic N) is 3. The molecular weight excluding hydrogens is 724 g/mol. The van der Waals surface area contributed by atoms with Gasteiger partial charge in [-0.1, -0.05) is 139 Å². The molecule has 0 saturated carbocycles. The molecule has 9 aromatic carbocycles. The molecule has 5 heteroatoms. The van der Waals surface area contributed by atoms with E-state index >= 15 is 0 Å². The molecule has 1 aromatic heterocycles. The van der Waals surface area contributed by atoms with Gasteiger partial charge in [0, 0.05) is 62.0 Å². The van der Waals surface area contributed by atoms with Crippen molar-refractivity contribution in [3.8, 4) is 16.8 Å². The largest absolute Gasteiger partial charge is 0.312 e. The van der Waals surface area contributed by atoms with Gasteiger partial charge in [0.2, 0.25) is 6.71 Å². The summed E-state index contributed by atoms with van der Waals surface area (Å²) in [5.41, 5.74) is 26.8. The molecule has 0 saturated heterocycles. The van der Waals surface area contributed by atoms with Gasteiger partial charge in [0.05, 0.1) is 5.52 Å². The van der Waals surface area contributed by atoms with Crippen LogP contribution >= 0.6 is 0 Å². The van der Waals surface area contributed by atoms with E-state index in [1.807, 2.05) is 0 Å². The molecule has 10 aromatic rings. The lowest BCUT2D eigenvalue weighted by atomic mass is 9.31. The van der Waals surface area contributed by atoms with Gasteiger partial charge >= 0.3 is 0 Å². The second kappa shape index (κ2) is 11.2. The smallest absolute Gasteiger partial charge is 0.252 e. The van der Waals surface area contributed by atoms with Crippen LogP contribution in [0.25, 0.3) is 38.6 Å². The fourth-order valence-electron chi connectivity index (χ4n) is 12.4. The lowest BCUT2D eigenvalue weighted by Crippen LogP contribution is -2.61. The Kier molecular flexibility index (Phi) is 5.86. The summed E-state index contributed by atoms with van der Waals surface area (Å²) in [6.45, 7) is 0.212. The molecule has 15 rings (SSSR count). The van der Waals surface area contributed by atoms with E-state index < -0.39 is 0 Å². The number of anilines is 6. The molecule has 3 nitrogen and oxygen atoms in total. The summed E-state index contributed by atoms with van der Waals surface area (Å²) < 4.78 is 2.62. The molecule has 0 fully saturated rings. The summed E-state index contributed by atoms with van der Waals surface area (Å²) in [7, 11) is 0. The van der Waals surface area contributed by atoms with E-state index in [4.69, 9.17) is 0 Å². The molecule has 0 N–H and O–H groups in total. The molecule has 1 unspecified atom stereocenters. The van der Waals surface area contributed by atoms with Gasteiger partial charge in [-0.05, 0) is 116 Å². The fourth-order valence-corrected chi connectivity index (χ4v) is 12.4. The maximum Gasteiger partial charge on any atom is 0.252 e. The highest BCUT2D eigenvalue weighted by molar-refractivity contribution is 7.01. The predicted octanol–water partition coefficient (Wildman–Crippen LogP) is 9.17. The molecule has 274 valence electrons. The molecule has 1 atom stereocenters. The van der Waals surface area contributed by atoms with Gasteiger partial charge in [-0.15, -0.1) is 0 Å². The van der Waals surface area contributed by atoms with Crippen LogP contribution in [0, 0.1) is 0 Å². The average molecular weight is 758 g/mol. The van der Waals surface area contributed by atoms with E-state index in [2.05, 4.69) is 208 Å². The third kappa shape index (κ3) is 3.68. The second-order valence-electron chi connectivity index (χ2n) is 17.1. The highest BCUT2D eigenvalue weighted by atomic mass is 15.2. The third-order valence-corrected chi connectivity index (χ3v) is 14.4. The topological polar surface area (TPSA) is 11.4 Å². The van der Waals surface area contributed by atoms with E-state index in [9.17, 15) is 0 Å². The third-order valence-electron chi connectivity index (χ3n) is 14.4. The fraction of sp³-hybridized carbons (Fsp3) is 0.0182. The molecule has 0 amide bonds.